The van der Waals surface area contributed by atoms with Gasteiger partial charge in [0.15, 0.2) is 5.60 Å². The van der Waals surface area contributed by atoms with Crippen molar-refractivity contribution >= 4 is 34.6 Å². The van der Waals surface area contributed by atoms with E-state index in [9.17, 15) is 20.1 Å². The predicted molar refractivity (Wildman–Crippen MR) is 177 cm³/mol. The number of carbonyl (C=O) groups is 2. The van der Waals surface area contributed by atoms with Gasteiger partial charge in [0.05, 0.1) is 48.1 Å². The third kappa shape index (κ3) is 8.13. The number of benzene rings is 2. The van der Waals surface area contributed by atoms with Crippen LogP contribution in [-0.2, 0) is 14.3 Å². The molecule has 0 aliphatic carbocycles. The lowest BCUT2D eigenvalue weighted by molar-refractivity contribution is -0.179. The summed E-state index contributed by atoms with van der Waals surface area (Å²) in [6.45, 7) is 10.6. The van der Waals surface area contributed by atoms with Crippen LogP contribution in [0.15, 0.2) is 60.9 Å². The lowest BCUT2D eigenvalue weighted by atomic mass is 10.1. The Kier molecular flexibility index (Phi) is 10.6. The Morgan fingerprint density at radius 3 is 2.56 bits per heavy atom. The lowest BCUT2D eigenvalue weighted by Crippen LogP contribution is -2.47. The molecule has 14 nitrogen and oxygen atoms in total. The Morgan fingerprint density at radius 1 is 1.12 bits per heavy atom. The Labute approximate surface area is 278 Å². The number of carbonyl (C=O) groups excluding carboxylic acids is 2. The molecule has 2 aromatic carbocycles. The lowest BCUT2D eigenvalue weighted by Gasteiger charge is -2.28. The number of rotatable bonds is 12. The minimum absolute atomic E-state index is 0.139. The number of likely N-dealkylation sites (N-methyl/N-ethyl adjacent to an activating group) is 1. The number of hydroxylamine groups is 2. The number of nitrogens with zero attached hydrogens (tertiary/aromatic N) is 5. The van der Waals surface area contributed by atoms with E-state index in [1.807, 2.05) is 6.92 Å². The minimum Gasteiger partial charge on any atom is -0.478 e. The molecule has 0 bridgehead atoms. The molecule has 1 aliphatic rings. The SMILES string of the molecule is CCN(O)C(=O)C(C)(C)Oc1cccc(Oc2ccc(Nc3c(C#N)cnn4cc(NC(=O)OCCN5CCOCC5)c(C)c34)cc2)c1. The maximum absolute atomic E-state index is 12.6. The minimum atomic E-state index is -1.29. The van der Waals surface area contributed by atoms with Gasteiger partial charge in [-0.2, -0.15) is 10.4 Å². The monoisotopic (exact) mass is 657 g/mol. The molecule has 14 heteroatoms. The maximum Gasteiger partial charge on any atom is 0.411 e. The fraction of sp³-hybridized carbons (Fsp3) is 0.353. The van der Waals surface area contributed by atoms with Crippen molar-refractivity contribution in [1.29, 1.82) is 5.26 Å². The first kappa shape index (κ1) is 34.0. The van der Waals surface area contributed by atoms with Crippen LogP contribution in [-0.4, -0.2) is 88.4 Å². The first-order valence-corrected chi connectivity index (χ1v) is 15.6. The molecule has 0 spiro atoms. The van der Waals surface area contributed by atoms with Gasteiger partial charge in [-0.25, -0.2) is 14.4 Å². The fourth-order valence-corrected chi connectivity index (χ4v) is 5.14. The second-order valence-corrected chi connectivity index (χ2v) is 11.6. The van der Waals surface area contributed by atoms with Gasteiger partial charge >= 0.3 is 6.09 Å². The molecule has 2 aromatic heterocycles. The molecule has 3 N–H and O–H groups in total. The average molecular weight is 658 g/mol. The number of anilines is 3. The highest BCUT2D eigenvalue weighted by Crippen LogP contribution is 2.34. The smallest absolute Gasteiger partial charge is 0.411 e. The van der Waals surface area contributed by atoms with Gasteiger partial charge in [-0.15, -0.1) is 0 Å². The molecule has 1 fully saturated rings. The van der Waals surface area contributed by atoms with Crippen LogP contribution in [0.4, 0.5) is 21.9 Å². The summed E-state index contributed by atoms with van der Waals surface area (Å²) >= 11 is 0. The van der Waals surface area contributed by atoms with Crippen LogP contribution >= 0.6 is 0 Å². The van der Waals surface area contributed by atoms with Crippen LogP contribution in [0.3, 0.4) is 0 Å². The van der Waals surface area contributed by atoms with Gasteiger partial charge in [-0.1, -0.05) is 6.07 Å². The summed E-state index contributed by atoms with van der Waals surface area (Å²) in [6.07, 6.45) is 2.56. The van der Waals surface area contributed by atoms with Gasteiger partial charge in [-0.3, -0.25) is 20.2 Å². The van der Waals surface area contributed by atoms with Crippen LogP contribution < -0.4 is 20.1 Å². The number of hydrogen-bond acceptors (Lipinski definition) is 11. The summed E-state index contributed by atoms with van der Waals surface area (Å²) in [4.78, 5) is 27.2. The van der Waals surface area contributed by atoms with E-state index in [-0.39, 0.29) is 13.2 Å². The largest absolute Gasteiger partial charge is 0.478 e. The zero-order valence-electron chi connectivity index (χ0n) is 27.4. The molecule has 0 saturated carbocycles. The number of nitrogens with one attached hydrogen (secondary N) is 2. The van der Waals surface area contributed by atoms with E-state index in [0.29, 0.717) is 75.8 Å². The van der Waals surface area contributed by atoms with Crippen molar-refractivity contribution in [1.82, 2.24) is 19.6 Å². The van der Waals surface area contributed by atoms with E-state index >= 15 is 0 Å². The Morgan fingerprint density at radius 2 is 1.85 bits per heavy atom. The van der Waals surface area contributed by atoms with E-state index < -0.39 is 17.6 Å². The topological polar surface area (TPSA) is 163 Å². The van der Waals surface area contributed by atoms with Crippen LogP contribution in [0, 0.1) is 18.3 Å². The Balaban J connectivity index is 1.25. The molecule has 1 saturated heterocycles. The first-order chi connectivity index (χ1) is 23.1. The van der Waals surface area contributed by atoms with Crippen molar-refractivity contribution in [3.63, 3.8) is 0 Å². The number of nitriles is 1. The van der Waals surface area contributed by atoms with Crippen molar-refractivity contribution in [3.05, 3.63) is 72.1 Å². The molecule has 252 valence electrons. The molecule has 0 unspecified atom stereocenters. The maximum atomic E-state index is 12.6. The fourth-order valence-electron chi connectivity index (χ4n) is 5.14. The number of aryl methyl sites for hydroxylation is 1. The van der Waals surface area contributed by atoms with Gasteiger partial charge in [0, 0.05) is 43.5 Å². The molecule has 3 heterocycles. The Hall–Kier alpha value is -5.36. The van der Waals surface area contributed by atoms with Crippen molar-refractivity contribution in [3.8, 4) is 23.3 Å². The van der Waals surface area contributed by atoms with Crippen LogP contribution in [0.25, 0.3) is 5.52 Å². The van der Waals surface area contributed by atoms with E-state index in [4.69, 9.17) is 18.9 Å². The second-order valence-electron chi connectivity index (χ2n) is 11.6. The number of hydrogen-bond donors (Lipinski definition) is 3. The molecule has 1 aliphatic heterocycles. The predicted octanol–water partition coefficient (Wildman–Crippen LogP) is 5.33. The average Bonchev–Trinajstić information content (AvgIpc) is 3.40. The Bertz CT molecular complexity index is 1790. The summed E-state index contributed by atoms with van der Waals surface area (Å²) in [7, 11) is 0. The molecule has 4 aromatic rings. The molecule has 0 radical (unpaired) electrons. The van der Waals surface area contributed by atoms with Crippen molar-refractivity contribution in [2.24, 2.45) is 0 Å². The van der Waals surface area contributed by atoms with Crippen molar-refractivity contribution in [2.75, 3.05) is 56.6 Å². The summed E-state index contributed by atoms with van der Waals surface area (Å²) in [6, 6.07) is 16.2. The van der Waals surface area contributed by atoms with E-state index in [1.54, 1.807) is 80.0 Å². The zero-order valence-corrected chi connectivity index (χ0v) is 27.4. The van der Waals surface area contributed by atoms with Crippen LogP contribution in [0.2, 0.25) is 0 Å². The third-order valence-corrected chi connectivity index (χ3v) is 7.75. The molecular formula is C34H39N7O7. The number of morpholine rings is 1. The van der Waals surface area contributed by atoms with Gasteiger partial charge in [0.1, 0.15) is 29.9 Å². The van der Waals surface area contributed by atoms with E-state index in [0.717, 1.165) is 13.1 Å². The van der Waals surface area contributed by atoms with Gasteiger partial charge < -0.3 is 24.3 Å². The number of aromatic nitrogens is 2. The number of fused-ring (bicyclic) bond motifs is 1. The number of amides is 2. The second kappa shape index (κ2) is 15.0. The van der Waals surface area contributed by atoms with Crippen molar-refractivity contribution in [2.45, 2.75) is 33.3 Å². The van der Waals surface area contributed by atoms with E-state index in [2.05, 4.69) is 26.7 Å². The van der Waals surface area contributed by atoms with E-state index in [1.165, 1.54) is 6.20 Å². The standard InChI is InChI=1S/C34H39N7O7/c1-5-41(44)32(42)34(3,4)48-28-8-6-7-27(19-28)47-26-11-9-25(10-12-26)37-30-24(20-35)21-36-40-22-29(23(2)31(30)40)38-33(43)46-18-15-39-13-16-45-17-14-39/h6-12,19,21-22,37,44H,5,13-18H2,1-4H3,(H,38,43). The van der Waals surface area contributed by atoms with Crippen LogP contribution in [0.1, 0.15) is 31.9 Å². The summed E-state index contributed by atoms with van der Waals surface area (Å²) in [5.74, 6) is 0.861. The highest BCUT2D eigenvalue weighted by atomic mass is 16.6. The van der Waals surface area contributed by atoms with Gasteiger partial charge in [-0.05, 0) is 64.1 Å². The highest BCUT2D eigenvalue weighted by Gasteiger charge is 2.33. The summed E-state index contributed by atoms with van der Waals surface area (Å²) < 4.78 is 24.2. The summed E-state index contributed by atoms with van der Waals surface area (Å²) in [5, 5.41) is 30.8. The molecule has 48 heavy (non-hydrogen) atoms. The quantitative estimate of drug-likeness (QED) is 0.133. The molecular weight excluding hydrogens is 618 g/mol. The molecule has 0 atom stereocenters. The first-order valence-electron chi connectivity index (χ1n) is 15.6. The van der Waals surface area contributed by atoms with Gasteiger partial charge in [0.25, 0.3) is 5.91 Å². The normalized spacial score (nSPS) is 13.4. The third-order valence-electron chi connectivity index (χ3n) is 7.75. The molecule has 5 rings (SSSR count). The van der Waals surface area contributed by atoms with Gasteiger partial charge in [0.2, 0.25) is 0 Å². The highest BCUT2D eigenvalue weighted by molar-refractivity contribution is 5.93. The zero-order chi connectivity index (χ0) is 34.3. The summed E-state index contributed by atoms with van der Waals surface area (Å²) in [5.41, 5.74) is 2.09. The number of ether oxygens (including phenoxy) is 4. The molecule has 2 amide bonds. The van der Waals surface area contributed by atoms with Crippen molar-refractivity contribution < 1.29 is 33.7 Å². The van der Waals surface area contributed by atoms with Crippen LogP contribution in [0.5, 0.6) is 17.2 Å².